The molecule has 0 fully saturated rings. The van der Waals surface area contributed by atoms with Crippen LogP contribution < -0.4 is 10.1 Å². The highest BCUT2D eigenvalue weighted by Crippen LogP contribution is 2.16. The van der Waals surface area contributed by atoms with Crippen LogP contribution in [0, 0.1) is 5.82 Å². The maximum atomic E-state index is 13.5. The molecule has 2 rings (SSSR count). The lowest BCUT2D eigenvalue weighted by atomic mass is 10.2. The number of nitrogens with zero attached hydrogens (tertiary/aromatic N) is 2. The minimum Gasteiger partial charge on any atom is -0.494 e. The van der Waals surface area contributed by atoms with Gasteiger partial charge in [-0.1, -0.05) is 15.9 Å². The van der Waals surface area contributed by atoms with E-state index in [0.29, 0.717) is 23.8 Å². The molecule has 0 aliphatic rings. The minimum atomic E-state index is -0.265. The highest BCUT2D eigenvalue weighted by molar-refractivity contribution is 9.10. The number of anilines is 1. The highest BCUT2D eigenvalue weighted by Gasteiger charge is 2.03. The Morgan fingerprint density at radius 3 is 2.72 bits per heavy atom. The lowest BCUT2D eigenvalue weighted by Gasteiger charge is -2.06. The number of ether oxygens (including phenoxy) is 1. The van der Waals surface area contributed by atoms with Crippen LogP contribution in [0.2, 0.25) is 0 Å². The van der Waals surface area contributed by atoms with Crippen molar-refractivity contribution in [2.75, 3.05) is 12.4 Å². The highest BCUT2D eigenvalue weighted by atomic mass is 79.9. The number of nitrogens with one attached hydrogen (secondary N) is 1. The summed E-state index contributed by atoms with van der Waals surface area (Å²) in [6.07, 6.45) is 3.10. The van der Waals surface area contributed by atoms with Crippen LogP contribution in [0.25, 0.3) is 0 Å². The maximum absolute atomic E-state index is 13.5. The number of aromatic nitrogens is 2. The summed E-state index contributed by atoms with van der Waals surface area (Å²) in [7, 11) is 1.54. The van der Waals surface area contributed by atoms with Gasteiger partial charge in [-0.15, -0.1) is 0 Å². The van der Waals surface area contributed by atoms with Crippen molar-refractivity contribution in [3.63, 3.8) is 0 Å². The molecule has 0 amide bonds. The molecular formula is C12H11BrFN3O. The van der Waals surface area contributed by atoms with Crippen molar-refractivity contribution in [1.29, 1.82) is 0 Å². The zero-order valence-corrected chi connectivity index (χ0v) is 11.2. The molecule has 1 aromatic carbocycles. The van der Waals surface area contributed by atoms with Crippen molar-refractivity contribution in [3.05, 3.63) is 46.4 Å². The summed E-state index contributed by atoms with van der Waals surface area (Å²) in [5, 5.41) is 2.94. The molecule has 0 bridgehead atoms. The van der Waals surface area contributed by atoms with Gasteiger partial charge in [-0.05, 0) is 18.2 Å². The van der Waals surface area contributed by atoms with E-state index in [2.05, 4.69) is 31.2 Å². The van der Waals surface area contributed by atoms with Crippen LogP contribution in [0.1, 0.15) is 5.56 Å². The molecule has 4 nitrogen and oxygen atoms in total. The number of rotatable bonds is 4. The third-order valence-corrected chi connectivity index (χ3v) is 2.80. The molecule has 0 spiro atoms. The molecule has 1 heterocycles. The first-order valence-electron chi connectivity index (χ1n) is 5.23. The summed E-state index contributed by atoms with van der Waals surface area (Å²) < 4.78 is 19.2. The fourth-order valence-electron chi connectivity index (χ4n) is 1.37. The summed E-state index contributed by atoms with van der Waals surface area (Å²) in [6, 6.07) is 4.78. The largest absolute Gasteiger partial charge is 0.494 e. The van der Waals surface area contributed by atoms with Crippen molar-refractivity contribution < 1.29 is 9.13 Å². The van der Waals surface area contributed by atoms with E-state index >= 15 is 0 Å². The van der Waals surface area contributed by atoms with Crippen LogP contribution in [0.4, 0.5) is 10.3 Å². The quantitative estimate of drug-likeness (QED) is 0.943. The van der Waals surface area contributed by atoms with Gasteiger partial charge < -0.3 is 10.1 Å². The van der Waals surface area contributed by atoms with E-state index in [1.165, 1.54) is 6.07 Å². The Balaban J connectivity index is 2.04. The molecule has 18 heavy (non-hydrogen) atoms. The van der Waals surface area contributed by atoms with E-state index < -0.39 is 0 Å². The van der Waals surface area contributed by atoms with E-state index in [0.717, 1.165) is 4.47 Å². The van der Waals surface area contributed by atoms with Crippen LogP contribution >= 0.6 is 15.9 Å². The second-order valence-corrected chi connectivity index (χ2v) is 4.45. The summed E-state index contributed by atoms with van der Waals surface area (Å²) in [5.41, 5.74) is 0.545. The molecule has 2 aromatic rings. The zero-order valence-electron chi connectivity index (χ0n) is 9.65. The molecule has 0 aliphatic heterocycles. The number of hydrogen-bond donors (Lipinski definition) is 1. The minimum absolute atomic E-state index is 0.265. The van der Waals surface area contributed by atoms with Crippen molar-refractivity contribution >= 4 is 21.9 Å². The monoisotopic (exact) mass is 311 g/mol. The van der Waals surface area contributed by atoms with Crippen LogP contribution in [0.5, 0.6) is 5.75 Å². The summed E-state index contributed by atoms with van der Waals surface area (Å²) >= 11 is 3.30. The number of benzene rings is 1. The molecule has 0 unspecified atom stereocenters. The van der Waals surface area contributed by atoms with E-state index in [1.807, 2.05) is 0 Å². The first-order chi connectivity index (χ1) is 8.69. The number of methoxy groups -OCH3 is 1. The summed E-state index contributed by atoms with van der Waals surface area (Å²) in [6.45, 7) is 0.317. The average Bonchev–Trinajstić information content (AvgIpc) is 2.40. The standard InChI is InChI=1S/C12H11BrFN3O/c1-18-10-6-16-12(17-7-10)15-5-8-4-9(13)2-3-11(8)14/h2-4,6-7H,5H2,1H3,(H,15,16,17). The molecule has 1 aromatic heterocycles. The Hall–Kier alpha value is -1.69. The van der Waals surface area contributed by atoms with Crippen LogP contribution in [-0.4, -0.2) is 17.1 Å². The van der Waals surface area contributed by atoms with Gasteiger partial charge in [0.25, 0.3) is 0 Å². The van der Waals surface area contributed by atoms with E-state index in [-0.39, 0.29) is 5.82 Å². The Morgan fingerprint density at radius 1 is 1.33 bits per heavy atom. The number of halogens is 2. The first-order valence-corrected chi connectivity index (χ1v) is 6.02. The van der Waals surface area contributed by atoms with Crippen molar-refractivity contribution in [2.24, 2.45) is 0 Å². The number of hydrogen-bond acceptors (Lipinski definition) is 4. The average molecular weight is 312 g/mol. The topological polar surface area (TPSA) is 47.0 Å². The van der Waals surface area contributed by atoms with Gasteiger partial charge in [0.05, 0.1) is 19.5 Å². The molecule has 0 radical (unpaired) electrons. The van der Waals surface area contributed by atoms with Gasteiger partial charge in [-0.25, -0.2) is 14.4 Å². The van der Waals surface area contributed by atoms with Gasteiger partial charge in [-0.2, -0.15) is 0 Å². The fraction of sp³-hybridized carbons (Fsp3) is 0.167. The van der Waals surface area contributed by atoms with E-state index in [1.54, 1.807) is 31.6 Å². The fourth-order valence-corrected chi connectivity index (χ4v) is 1.77. The van der Waals surface area contributed by atoms with Gasteiger partial charge in [0.15, 0.2) is 5.75 Å². The Kier molecular flexibility index (Phi) is 4.09. The maximum Gasteiger partial charge on any atom is 0.223 e. The van der Waals surface area contributed by atoms with Crippen LogP contribution in [-0.2, 0) is 6.54 Å². The van der Waals surface area contributed by atoms with Crippen LogP contribution in [0.15, 0.2) is 35.1 Å². The Labute approximate surface area is 112 Å². The third kappa shape index (κ3) is 3.16. The second kappa shape index (κ2) is 5.77. The molecule has 1 N–H and O–H groups in total. The molecule has 0 aliphatic carbocycles. The molecular weight excluding hydrogens is 301 g/mol. The van der Waals surface area contributed by atoms with Crippen molar-refractivity contribution in [2.45, 2.75) is 6.54 Å². The first kappa shape index (κ1) is 12.8. The molecule has 94 valence electrons. The predicted molar refractivity (Wildman–Crippen MR) is 70.0 cm³/mol. The van der Waals surface area contributed by atoms with Gasteiger partial charge >= 0.3 is 0 Å². The molecule has 0 saturated heterocycles. The van der Waals surface area contributed by atoms with Gasteiger partial charge in [0, 0.05) is 16.6 Å². The summed E-state index contributed by atoms with van der Waals surface area (Å²) in [4.78, 5) is 8.07. The van der Waals surface area contributed by atoms with E-state index in [9.17, 15) is 4.39 Å². The molecule has 0 atom stereocenters. The second-order valence-electron chi connectivity index (χ2n) is 3.54. The normalized spacial score (nSPS) is 10.2. The zero-order chi connectivity index (χ0) is 13.0. The van der Waals surface area contributed by atoms with Gasteiger partial charge in [0.1, 0.15) is 5.82 Å². The SMILES string of the molecule is COc1cnc(NCc2cc(Br)ccc2F)nc1. The predicted octanol–water partition coefficient (Wildman–Crippen LogP) is 3.00. The van der Waals surface area contributed by atoms with Gasteiger partial charge in [0.2, 0.25) is 5.95 Å². The van der Waals surface area contributed by atoms with Crippen molar-refractivity contribution in [3.8, 4) is 5.75 Å². The van der Waals surface area contributed by atoms with Crippen LogP contribution in [0.3, 0.4) is 0 Å². The molecule has 0 saturated carbocycles. The molecule has 6 heteroatoms. The lowest BCUT2D eigenvalue weighted by Crippen LogP contribution is -2.05. The smallest absolute Gasteiger partial charge is 0.223 e. The summed E-state index contributed by atoms with van der Waals surface area (Å²) in [5.74, 6) is 0.739. The Bertz CT molecular complexity index is 533. The third-order valence-electron chi connectivity index (χ3n) is 2.31. The van der Waals surface area contributed by atoms with Crippen molar-refractivity contribution in [1.82, 2.24) is 9.97 Å². The Morgan fingerprint density at radius 2 is 2.06 bits per heavy atom. The van der Waals surface area contributed by atoms with E-state index in [4.69, 9.17) is 4.74 Å². The lowest BCUT2D eigenvalue weighted by molar-refractivity contribution is 0.411. The van der Waals surface area contributed by atoms with Gasteiger partial charge in [-0.3, -0.25) is 0 Å².